The van der Waals surface area contributed by atoms with Gasteiger partial charge in [-0.3, -0.25) is 4.68 Å². The average Bonchev–Trinajstić information content (AvgIpc) is 2.43. The van der Waals surface area contributed by atoms with Gasteiger partial charge in [0.15, 0.2) is 0 Å². The standard InChI is InChI=1S/C10H12N2O/c1-7-6-8-4-3-5-9(13-2)10(8)12(7)11/h3-6H,11H2,1-2H3. The lowest BCUT2D eigenvalue weighted by Gasteiger charge is -2.04. The molecule has 3 heteroatoms. The van der Waals surface area contributed by atoms with Gasteiger partial charge < -0.3 is 10.6 Å². The van der Waals surface area contributed by atoms with Gasteiger partial charge in [-0.2, -0.15) is 0 Å². The number of aromatic nitrogens is 1. The highest BCUT2D eigenvalue weighted by atomic mass is 16.5. The number of nitrogens with two attached hydrogens (primary N) is 1. The summed E-state index contributed by atoms with van der Waals surface area (Å²) in [4.78, 5) is 0. The van der Waals surface area contributed by atoms with Gasteiger partial charge in [0, 0.05) is 11.1 Å². The van der Waals surface area contributed by atoms with E-state index in [0.29, 0.717) is 0 Å². The van der Waals surface area contributed by atoms with Crippen molar-refractivity contribution in [3.63, 3.8) is 0 Å². The Morgan fingerprint density at radius 2 is 2.15 bits per heavy atom. The van der Waals surface area contributed by atoms with Crippen molar-refractivity contribution in [1.29, 1.82) is 0 Å². The molecule has 0 saturated heterocycles. The van der Waals surface area contributed by atoms with Crippen LogP contribution in [0.5, 0.6) is 5.75 Å². The van der Waals surface area contributed by atoms with E-state index >= 15 is 0 Å². The van der Waals surface area contributed by atoms with Gasteiger partial charge >= 0.3 is 0 Å². The van der Waals surface area contributed by atoms with Gasteiger partial charge in [-0.25, -0.2) is 0 Å². The average molecular weight is 176 g/mol. The Bertz CT molecular complexity index is 445. The molecule has 1 aromatic heterocycles. The zero-order valence-electron chi connectivity index (χ0n) is 7.74. The van der Waals surface area contributed by atoms with E-state index in [4.69, 9.17) is 10.6 Å². The molecular weight excluding hydrogens is 164 g/mol. The Hall–Kier alpha value is -1.64. The van der Waals surface area contributed by atoms with Crippen molar-refractivity contribution >= 4 is 10.9 Å². The molecule has 2 rings (SSSR count). The van der Waals surface area contributed by atoms with Crippen molar-refractivity contribution in [2.75, 3.05) is 13.0 Å². The molecule has 0 aliphatic rings. The molecule has 2 N–H and O–H groups in total. The molecule has 0 spiro atoms. The fourth-order valence-electron chi connectivity index (χ4n) is 1.55. The molecule has 1 aromatic carbocycles. The quantitative estimate of drug-likeness (QED) is 0.671. The molecular formula is C10H12N2O. The smallest absolute Gasteiger partial charge is 0.145 e. The molecule has 0 aliphatic heterocycles. The second-order valence-electron chi connectivity index (χ2n) is 3.05. The van der Waals surface area contributed by atoms with E-state index in [2.05, 4.69) is 0 Å². The van der Waals surface area contributed by atoms with E-state index in [-0.39, 0.29) is 0 Å². The maximum atomic E-state index is 5.85. The summed E-state index contributed by atoms with van der Waals surface area (Å²) in [6.45, 7) is 1.97. The number of methoxy groups -OCH3 is 1. The number of para-hydroxylation sites is 1. The molecule has 68 valence electrons. The van der Waals surface area contributed by atoms with E-state index < -0.39 is 0 Å². The lowest BCUT2D eigenvalue weighted by Crippen LogP contribution is -2.09. The normalized spacial score (nSPS) is 10.6. The first-order chi connectivity index (χ1) is 6.24. The molecule has 0 saturated carbocycles. The predicted molar refractivity (Wildman–Crippen MR) is 53.4 cm³/mol. The van der Waals surface area contributed by atoms with Crippen molar-refractivity contribution in [3.05, 3.63) is 30.0 Å². The number of aryl methyl sites for hydroxylation is 1. The highest BCUT2D eigenvalue weighted by Gasteiger charge is 2.07. The van der Waals surface area contributed by atoms with Crippen LogP contribution in [0.15, 0.2) is 24.3 Å². The van der Waals surface area contributed by atoms with Crippen LogP contribution >= 0.6 is 0 Å². The SMILES string of the molecule is COc1cccc2cc(C)n(N)c12. The van der Waals surface area contributed by atoms with E-state index in [1.54, 1.807) is 11.8 Å². The molecule has 2 aromatic rings. The summed E-state index contributed by atoms with van der Waals surface area (Å²) >= 11 is 0. The van der Waals surface area contributed by atoms with Crippen LogP contribution < -0.4 is 10.6 Å². The van der Waals surface area contributed by atoms with E-state index in [1.165, 1.54) is 0 Å². The second kappa shape index (κ2) is 2.69. The van der Waals surface area contributed by atoms with Gasteiger partial charge in [-0.1, -0.05) is 12.1 Å². The fraction of sp³-hybridized carbons (Fsp3) is 0.200. The third-order valence-electron chi connectivity index (χ3n) is 2.24. The summed E-state index contributed by atoms with van der Waals surface area (Å²) in [7, 11) is 1.65. The van der Waals surface area contributed by atoms with Crippen molar-refractivity contribution in [2.24, 2.45) is 0 Å². The molecule has 0 unspecified atom stereocenters. The van der Waals surface area contributed by atoms with E-state index in [0.717, 1.165) is 22.3 Å². The highest BCUT2D eigenvalue weighted by molar-refractivity contribution is 5.87. The topological polar surface area (TPSA) is 40.2 Å². The number of rotatable bonds is 1. The molecule has 0 fully saturated rings. The molecule has 3 nitrogen and oxygen atoms in total. The van der Waals surface area contributed by atoms with Gasteiger partial charge in [0.1, 0.15) is 11.3 Å². The number of nitrogens with zero attached hydrogens (tertiary/aromatic N) is 1. The molecule has 0 amide bonds. The zero-order valence-corrected chi connectivity index (χ0v) is 7.74. The minimum absolute atomic E-state index is 0.813. The van der Waals surface area contributed by atoms with Crippen LogP contribution in [0.3, 0.4) is 0 Å². The molecule has 0 aliphatic carbocycles. The Morgan fingerprint density at radius 3 is 2.85 bits per heavy atom. The summed E-state index contributed by atoms with van der Waals surface area (Å²) in [6, 6.07) is 7.93. The molecule has 0 radical (unpaired) electrons. The van der Waals surface area contributed by atoms with Crippen LogP contribution in [0.4, 0.5) is 0 Å². The van der Waals surface area contributed by atoms with Crippen LogP contribution in [0.2, 0.25) is 0 Å². The summed E-state index contributed by atoms with van der Waals surface area (Å²) in [5, 5.41) is 1.11. The third kappa shape index (κ3) is 1.04. The zero-order chi connectivity index (χ0) is 9.42. The number of hydrogen-bond acceptors (Lipinski definition) is 2. The van der Waals surface area contributed by atoms with Crippen molar-refractivity contribution in [1.82, 2.24) is 4.68 Å². The number of nitrogen functional groups attached to an aromatic ring is 1. The highest BCUT2D eigenvalue weighted by Crippen LogP contribution is 2.26. The number of fused-ring (bicyclic) bond motifs is 1. The van der Waals surface area contributed by atoms with E-state index in [9.17, 15) is 0 Å². The molecule has 0 atom stereocenters. The Labute approximate surface area is 76.7 Å². The summed E-state index contributed by atoms with van der Waals surface area (Å²) in [5.74, 6) is 6.66. The monoisotopic (exact) mass is 176 g/mol. The number of ether oxygens (including phenoxy) is 1. The predicted octanol–water partition coefficient (Wildman–Crippen LogP) is 1.67. The summed E-state index contributed by atoms with van der Waals surface area (Å²) in [5.41, 5.74) is 1.97. The van der Waals surface area contributed by atoms with Gasteiger partial charge in [-0.15, -0.1) is 0 Å². The first-order valence-electron chi connectivity index (χ1n) is 4.14. The third-order valence-corrected chi connectivity index (χ3v) is 2.24. The first kappa shape index (κ1) is 7.98. The maximum absolute atomic E-state index is 5.85. The molecule has 0 bridgehead atoms. The van der Waals surface area contributed by atoms with Gasteiger partial charge in [0.2, 0.25) is 0 Å². The van der Waals surface area contributed by atoms with Crippen LogP contribution in [-0.2, 0) is 0 Å². The summed E-state index contributed by atoms with van der Waals surface area (Å²) < 4.78 is 6.87. The minimum atomic E-state index is 0.813. The van der Waals surface area contributed by atoms with Crippen molar-refractivity contribution < 1.29 is 4.74 Å². The van der Waals surface area contributed by atoms with Crippen LogP contribution in [0.1, 0.15) is 5.69 Å². The largest absolute Gasteiger partial charge is 0.494 e. The van der Waals surface area contributed by atoms with E-state index in [1.807, 2.05) is 31.2 Å². The second-order valence-corrected chi connectivity index (χ2v) is 3.05. The van der Waals surface area contributed by atoms with Gasteiger partial charge in [0.05, 0.1) is 7.11 Å². The lowest BCUT2D eigenvalue weighted by molar-refractivity contribution is 0.418. The molecule has 1 heterocycles. The minimum Gasteiger partial charge on any atom is -0.494 e. The van der Waals surface area contributed by atoms with Gasteiger partial charge in [-0.05, 0) is 19.1 Å². The number of benzene rings is 1. The molecule has 13 heavy (non-hydrogen) atoms. The van der Waals surface area contributed by atoms with Crippen LogP contribution in [0.25, 0.3) is 10.9 Å². The van der Waals surface area contributed by atoms with Crippen molar-refractivity contribution in [2.45, 2.75) is 6.92 Å². The number of hydrogen-bond donors (Lipinski definition) is 1. The summed E-state index contributed by atoms with van der Waals surface area (Å²) in [6.07, 6.45) is 0. The fourth-order valence-corrected chi connectivity index (χ4v) is 1.55. The van der Waals surface area contributed by atoms with Crippen LogP contribution in [-0.4, -0.2) is 11.8 Å². The van der Waals surface area contributed by atoms with Crippen molar-refractivity contribution in [3.8, 4) is 5.75 Å². The Morgan fingerprint density at radius 1 is 1.38 bits per heavy atom. The van der Waals surface area contributed by atoms with Gasteiger partial charge in [0.25, 0.3) is 0 Å². The first-order valence-corrected chi connectivity index (χ1v) is 4.14. The maximum Gasteiger partial charge on any atom is 0.145 e. The van der Waals surface area contributed by atoms with Crippen LogP contribution in [0, 0.1) is 6.92 Å². The Balaban J connectivity index is 2.87. The lowest BCUT2D eigenvalue weighted by atomic mass is 10.2. The Kier molecular flexibility index (Phi) is 1.65.